The zero-order chi connectivity index (χ0) is 20.7. The maximum absolute atomic E-state index is 12.6. The molecular weight excluding hydrogens is 370 g/mol. The van der Waals surface area contributed by atoms with Crippen LogP contribution in [-0.2, 0) is 4.79 Å². The van der Waals surface area contributed by atoms with Gasteiger partial charge in [-0.25, -0.2) is 0 Å². The minimum absolute atomic E-state index is 0.0775. The molecule has 30 heavy (non-hydrogen) atoms. The van der Waals surface area contributed by atoms with E-state index in [0.29, 0.717) is 5.57 Å². The number of carbonyl (C=O) groups is 1. The summed E-state index contributed by atoms with van der Waals surface area (Å²) in [6.45, 7) is 4.06. The third-order valence-corrected chi connectivity index (χ3v) is 5.45. The normalized spacial score (nSPS) is 14.1. The Kier molecular flexibility index (Phi) is 4.32. The van der Waals surface area contributed by atoms with Crippen molar-refractivity contribution in [1.29, 1.82) is 0 Å². The molecule has 146 valence electrons. The van der Waals surface area contributed by atoms with Crippen molar-refractivity contribution in [2.45, 2.75) is 13.8 Å². The molecule has 5 rings (SSSR count). The van der Waals surface area contributed by atoms with Gasteiger partial charge in [-0.2, -0.15) is 0 Å². The lowest BCUT2D eigenvalue weighted by Gasteiger charge is -2.07. The zero-order valence-electron chi connectivity index (χ0n) is 16.9. The van der Waals surface area contributed by atoms with Crippen molar-refractivity contribution in [3.05, 3.63) is 95.4 Å². The van der Waals surface area contributed by atoms with Gasteiger partial charge in [0, 0.05) is 40.0 Å². The van der Waals surface area contributed by atoms with Crippen LogP contribution < -0.4 is 5.32 Å². The number of benzene rings is 2. The number of hydrogen-bond donors (Lipinski definition) is 2. The number of nitrogens with one attached hydrogen (secondary N) is 2. The van der Waals surface area contributed by atoms with Gasteiger partial charge in [-0.05, 0) is 55.3 Å². The molecule has 1 amide bonds. The standard InChI is InChI=1S/C26H21N3O/c1-16-12-17(2)28-25(16)14-22-21-13-19(8-11-24(21)29-26(22)30)20-9-10-23(27-15-20)18-6-4-3-5-7-18/h3-15,28H,1-2H3,(H,29,30)/b22-14-. The fourth-order valence-corrected chi connectivity index (χ4v) is 3.90. The quantitative estimate of drug-likeness (QED) is 0.430. The van der Waals surface area contributed by atoms with E-state index in [4.69, 9.17) is 0 Å². The van der Waals surface area contributed by atoms with Crippen LogP contribution in [0.2, 0.25) is 0 Å². The molecule has 2 aromatic heterocycles. The van der Waals surface area contributed by atoms with Crippen LogP contribution in [0.3, 0.4) is 0 Å². The fraction of sp³-hybridized carbons (Fsp3) is 0.0769. The number of aryl methyl sites for hydroxylation is 2. The summed E-state index contributed by atoms with van der Waals surface area (Å²) in [5, 5.41) is 2.97. The average Bonchev–Trinajstić information content (AvgIpc) is 3.26. The smallest absolute Gasteiger partial charge is 0.256 e. The Morgan fingerprint density at radius 1 is 0.867 bits per heavy atom. The minimum atomic E-state index is -0.0775. The Hall–Kier alpha value is -3.92. The van der Waals surface area contributed by atoms with Crippen LogP contribution in [0.1, 0.15) is 22.5 Å². The highest BCUT2D eigenvalue weighted by Crippen LogP contribution is 2.36. The predicted octanol–water partition coefficient (Wildman–Crippen LogP) is 5.85. The fourth-order valence-electron chi connectivity index (χ4n) is 3.90. The molecular formula is C26H21N3O. The number of aromatic nitrogens is 2. The lowest BCUT2D eigenvalue weighted by atomic mass is 9.99. The van der Waals surface area contributed by atoms with E-state index in [2.05, 4.69) is 45.6 Å². The molecule has 0 unspecified atom stereocenters. The largest absolute Gasteiger partial charge is 0.359 e. The van der Waals surface area contributed by atoms with E-state index in [9.17, 15) is 4.79 Å². The van der Waals surface area contributed by atoms with E-state index in [1.54, 1.807) is 0 Å². The summed E-state index contributed by atoms with van der Waals surface area (Å²) in [6.07, 6.45) is 3.82. The number of rotatable bonds is 3. The highest BCUT2D eigenvalue weighted by molar-refractivity contribution is 6.35. The Morgan fingerprint density at radius 3 is 2.37 bits per heavy atom. The van der Waals surface area contributed by atoms with E-state index < -0.39 is 0 Å². The van der Waals surface area contributed by atoms with Gasteiger partial charge in [0.25, 0.3) is 5.91 Å². The van der Waals surface area contributed by atoms with E-state index in [-0.39, 0.29) is 5.91 Å². The average molecular weight is 391 g/mol. The van der Waals surface area contributed by atoms with Gasteiger partial charge in [-0.3, -0.25) is 9.78 Å². The molecule has 4 heteroatoms. The monoisotopic (exact) mass is 391 g/mol. The Morgan fingerprint density at radius 2 is 1.67 bits per heavy atom. The minimum Gasteiger partial charge on any atom is -0.359 e. The van der Waals surface area contributed by atoms with E-state index in [0.717, 1.165) is 50.6 Å². The first-order valence-electron chi connectivity index (χ1n) is 9.94. The Labute approximate surface area is 175 Å². The maximum Gasteiger partial charge on any atom is 0.256 e. The number of hydrogen-bond acceptors (Lipinski definition) is 2. The van der Waals surface area contributed by atoms with Crippen LogP contribution in [0.5, 0.6) is 0 Å². The van der Waals surface area contributed by atoms with Crippen molar-refractivity contribution in [1.82, 2.24) is 9.97 Å². The molecule has 1 aliphatic heterocycles. The number of carbonyl (C=O) groups excluding carboxylic acids is 1. The number of nitrogens with zero attached hydrogens (tertiary/aromatic N) is 1. The van der Waals surface area contributed by atoms with Crippen molar-refractivity contribution < 1.29 is 4.79 Å². The predicted molar refractivity (Wildman–Crippen MR) is 122 cm³/mol. The van der Waals surface area contributed by atoms with Gasteiger partial charge in [0.05, 0.1) is 11.3 Å². The van der Waals surface area contributed by atoms with Gasteiger partial charge in [-0.15, -0.1) is 0 Å². The lowest BCUT2D eigenvalue weighted by molar-refractivity contribution is -0.110. The van der Waals surface area contributed by atoms with Crippen LogP contribution in [0.25, 0.3) is 34.0 Å². The highest BCUT2D eigenvalue weighted by Gasteiger charge is 2.25. The van der Waals surface area contributed by atoms with Gasteiger partial charge in [0.15, 0.2) is 0 Å². The molecule has 4 aromatic rings. The molecule has 2 N–H and O–H groups in total. The lowest BCUT2D eigenvalue weighted by Crippen LogP contribution is -2.03. The third-order valence-electron chi connectivity index (χ3n) is 5.45. The topological polar surface area (TPSA) is 57.8 Å². The molecule has 0 atom stereocenters. The van der Waals surface area contributed by atoms with Crippen LogP contribution in [0.15, 0.2) is 72.9 Å². The van der Waals surface area contributed by atoms with Gasteiger partial charge in [-0.1, -0.05) is 42.5 Å². The van der Waals surface area contributed by atoms with Crippen LogP contribution >= 0.6 is 0 Å². The summed E-state index contributed by atoms with van der Waals surface area (Å²) < 4.78 is 0. The number of anilines is 1. The van der Waals surface area contributed by atoms with Crippen molar-refractivity contribution in [2.75, 3.05) is 5.32 Å². The number of amides is 1. The molecule has 0 spiro atoms. The summed E-state index contributed by atoms with van der Waals surface area (Å²) in [5.41, 5.74) is 9.67. The van der Waals surface area contributed by atoms with Gasteiger partial charge in [0.1, 0.15) is 0 Å². The first-order valence-corrected chi connectivity index (χ1v) is 9.94. The SMILES string of the molecule is Cc1cc(C)c(/C=C2\C(=O)Nc3ccc(-c4ccc(-c5ccccc5)nc4)cc32)[nH]1. The molecule has 0 aliphatic carbocycles. The van der Waals surface area contributed by atoms with Crippen LogP contribution in [0.4, 0.5) is 5.69 Å². The van der Waals surface area contributed by atoms with Crippen molar-refractivity contribution in [3.63, 3.8) is 0 Å². The van der Waals surface area contributed by atoms with E-state index in [1.807, 2.05) is 62.5 Å². The molecule has 3 heterocycles. The summed E-state index contributed by atoms with van der Waals surface area (Å²) >= 11 is 0. The van der Waals surface area contributed by atoms with Crippen LogP contribution in [0, 0.1) is 13.8 Å². The van der Waals surface area contributed by atoms with Gasteiger partial charge >= 0.3 is 0 Å². The number of pyridine rings is 1. The molecule has 2 aromatic carbocycles. The summed E-state index contributed by atoms with van der Waals surface area (Å²) in [7, 11) is 0. The highest BCUT2D eigenvalue weighted by atomic mass is 16.2. The van der Waals surface area contributed by atoms with Crippen molar-refractivity contribution in [3.8, 4) is 22.4 Å². The molecule has 0 saturated carbocycles. The second kappa shape index (κ2) is 7.16. The summed E-state index contributed by atoms with van der Waals surface area (Å²) in [6, 6.07) is 22.3. The maximum atomic E-state index is 12.6. The van der Waals surface area contributed by atoms with Gasteiger partial charge in [0.2, 0.25) is 0 Å². The third kappa shape index (κ3) is 3.22. The van der Waals surface area contributed by atoms with E-state index in [1.165, 1.54) is 0 Å². The molecule has 1 aliphatic rings. The summed E-state index contributed by atoms with van der Waals surface area (Å²) in [4.78, 5) is 20.6. The van der Waals surface area contributed by atoms with Crippen LogP contribution in [-0.4, -0.2) is 15.9 Å². The van der Waals surface area contributed by atoms with E-state index >= 15 is 0 Å². The first kappa shape index (κ1) is 18.1. The molecule has 0 bridgehead atoms. The van der Waals surface area contributed by atoms with Crippen molar-refractivity contribution >= 4 is 23.2 Å². The zero-order valence-corrected chi connectivity index (χ0v) is 16.9. The Bertz CT molecular complexity index is 1280. The number of aromatic amines is 1. The van der Waals surface area contributed by atoms with Gasteiger partial charge < -0.3 is 10.3 Å². The number of H-pyrrole nitrogens is 1. The first-order chi connectivity index (χ1) is 14.6. The second-order valence-electron chi connectivity index (χ2n) is 7.62. The molecule has 0 radical (unpaired) electrons. The molecule has 4 nitrogen and oxygen atoms in total. The number of fused-ring (bicyclic) bond motifs is 1. The summed E-state index contributed by atoms with van der Waals surface area (Å²) in [5.74, 6) is -0.0775. The van der Waals surface area contributed by atoms with Crippen molar-refractivity contribution in [2.24, 2.45) is 0 Å². The molecule has 0 saturated heterocycles. The second-order valence-corrected chi connectivity index (χ2v) is 7.62. The Balaban J connectivity index is 1.52. The molecule has 0 fully saturated rings.